The van der Waals surface area contributed by atoms with E-state index in [1.807, 2.05) is 0 Å². The van der Waals surface area contributed by atoms with Crippen molar-refractivity contribution in [2.45, 2.75) is 6.92 Å². The van der Waals surface area contributed by atoms with Gasteiger partial charge in [0.15, 0.2) is 5.78 Å². The molecular weight excluding hydrogens is 342 g/mol. The van der Waals surface area contributed by atoms with Crippen LogP contribution in [0.15, 0.2) is 54.2 Å². The Bertz CT molecular complexity index is 883. The second-order valence-electron chi connectivity index (χ2n) is 5.06. The van der Waals surface area contributed by atoms with Gasteiger partial charge in [0.05, 0.1) is 5.69 Å². The molecule has 0 aliphatic heterocycles. The van der Waals surface area contributed by atoms with E-state index in [2.05, 4.69) is 10.6 Å². The van der Waals surface area contributed by atoms with Crippen molar-refractivity contribution in [3.05, 3.63) is 64.8 Å². The highest BCUT2D eigenvalue weighted by atomic mass is 35.5. The van der Waals surface area contributed by atoms with E-state index in [-0.39, 0.29) is 22.8 Å². The number of Topliss-reactive ketones (excluding diaryl/α,β-unsaturated/α-hetero) is 1. The van der Waals surface area contributed by atoms with Gasteiger partial charge in [-0.1, -0.05) is 11.6 Å². The molecule has 0 bridgehead atoms. The Morgan fingerprint density at radius 1 is 1.20 bits per heavy atom. The van der Waals surface area contributed by atoms with Gasteiger partial charge in [-0.3, -0.25) is 9.59 Å². The van der Waals surface area contributed by atoms with Crippen LogP contribution in [-0.2, 0) is 4.79 Å². The first-order chi connectivity index (χ1) is 11.9. The molecule has 0 radical (unpaired) electrons. The lowest BCUT2D eigenvalue weighted by atomic mass is 10.1. The summed E-state index contributed by atoms with van der Waals surface area (Å²) in [6.45, 7) is 1.45. The lowest BCUT2D eigenvalue weighted by molar-refractivity contribution is -0.112. The molecule has 7 heteroatoms. The Morgan fingerprint density at radius 3 is 2.48 bits per heavy atom. The molecule has 0 spiro atoms. The quantitative estimate of drug-likeness (QED) is 0.328. The largest absolute Gasteiger partial charge is 0.506 e. The maximum atomic E-state index is 12.1. The third-order valence-electron chi connectivity index (χ3n) is 3.24. The van der Waals surface area contributed by atoms with E-state index in [1.54, 1.807) is 30.3 Å². The van der Waals surface area contributed by atoms with Gasteiger partial charge in [0, 0.05) is 22.5 Å². The second kappa shape index (κ2) is 7.99. The van der Waals surface area contributed by atoms with Crippen LogP contribution >= 0.6 is 11.6 Å². The number of rotatable bonds is 5. The number of carbonyl (C=O) groups excluding carboxylic acids is 2. The Kier molecular flexibility index (Phi) is 5.77. The molecule has 0 atom stereocenters. The number of aromatic hydroxyl groups is 1. The third kappa shape index (κ3) is 4.83. The fourth-order valence-corrected chi connectivity index (χ4v) is 2.08. The average molecular weight is 356 g/mol. The van der Waals surface area contributed by atoms with Crippen molar-refractivity contribution >= 4 is 34.7 Å². The first-order valence-electron chi connectivity index (χ1n) is 7.18. The molecule has 0 aromatic heterocycles. The number of nitrogens with zero attached hydrogens (tertiary/aromatic N) is 1. The highest BCUT2D eigenvalue weighted by Crippen LogP contribution is 2.26. The molecule has 0 unspecified atom stereocenters. The number of phenols is 1. The van der Waals surface area contributed by atoms with Gasteiger partial charge in [0.25, 0.3) is 5.91 Å². The standard InChI is InChI=1S/C18H14ClN3O3/c1-11(23)12-2-5-15(6-3-12)22-18(25)13(9-20)10-21-16-8-14(19)4-7-17(16)24/h2-8,10,21,24H,1H3,(H,22,25)/b13-10-. The van der Waals surface area contributed by atoms with E-state index < -0.39 is 5.91 Å². The fourth-order valence-electron chi connectivity index (χ4n) is 1.91. The summed E-state index contributed by atoms with van der Waals surface area (Å²) in [7, 11) is 0. The number of nitriles is 1. The first-order valence-corrected chi connectivity index (χ1v) is 7.56. The zero-order valence-electron chi connectivity index (χ0n) is 13.2. The van der Waals surface area contributed by atoms with Gasteiger partial charge in [-0.2, -0.15) is 5.26 Å². The van der Waals surface area contributed by atoms with Gasteiger partial charge in [0.2, 0.25) is 0 Å². The summed E-state index contributed by atoms with van der Waals surface area (Å²) in [4.78, 5) is 23.4. The number of benzene rings is 2. The van der Waals surface area contributed by atoms with Crippen LogP contribution in [0.25, 0.3) is 0 Å². The van der Waals surface area contributed by atoms with Crippen molar-refractivity contribution in [2.75, 3.05) is 10.6 Å². The number of amides is 1. The molecule has 2 aromatic carbocycles. The molecule has 0 heterocycles. The van der Waals surface area contributed by atoms with Gasteiger partial charge < -0.3 is 15.7 Å². The van der Waals surface area contributed by atoms with Crippen LogP contribution in [0.1, 0.15) is 17.3 Å². The Hall–Kier alpha value is -3.30. The maximum Gasteiger partial charge on any atom is 0.267 e. The molecule has 3 N–H and O–H groups in total. The number of ketones is 1. The minimum absolute atomic E-state index is 0.0711. The molecule has 0 saturated carbocycles. The van der Waals surface area contributed by atoms with Crippen LogP contribution < -0.4 is 10.6 Å². The van der Waals surface area contributed by atoms with Gasteiger partial charge in [-0.15, -0.1) is 0 Å². The number of phenolic OH excluding ortho intramolecular Hbond substituents is 1. The summed E-state index contributed by atoms with van der Waals surface area (Å²) in [5.41, 5.74) is 1.03. The van der Waals surface area contributed by atoms with Crippen molar-refractivity contribution < 1.29 is 14.7 Å². The van der Waals surface area contributed by atoms with Crippen LogP contribution in [-0.4, -0.2) is 16.8 Å². The van der Waals surface area contributed by atoms with E-state index in [9.17, 15) is 14.7 Å². The van der Waals surface area contributed by atoms with Crippen molar-refractivity contribution in [3.63, 3.8) is 0 Å². The number of hydrogen-bond donors (Lipinski definition) is 3. The Morgan fingerprint density at radius 2 is 1.88 bits per heavy atom. The van der Waals surface area contributed by atoms with Crippen LogP contribution in [0.3, 0.4) is 0 Å². The number of nitrogens with one attached hydrogen (secondary N) is 2. The average Bonchev–Trinajstić information content (AvgIpc) is 2.58. The maximum absolute atomic E-state index is 12.1. The number of hydrogen-bond acceptors (Lipinski definition) is 5. The normalized spacial score (nSPS) is 10.7. The van der Waals surface area contributed by atoms with Gasteiger partial charge >= 0.3 is 0 Å². The molecule has 0 fully saturated rings. The minimum atomic E-state index is -0.632. The van der Waals surface area contributed by atoms with Crippen molar-refractivity contribution in [2.24, 2.45) is 0 Å². The van der Waals surface area contributed by atoms with Crippen molar-refractivity contribution in [3.8, 4) is 11.8 Å². The smallest absolute Gasteiger partial charge is 0.267 e. The second-order valence-corrected chi connectivity index (χ2v) is 5.50. The van der Waals surface area contributed by atoms with Crippen LogP contribution in [0.2, 0.25) is 5.02 Å². The van der Waals surface area contributed by atoms with Crippen LogP contribution in [0.5, 0.6) is 5.75 Å². The molecule has 1 amide bonds. The molecule has 0 saturated heterocycles. The van der Waals surface area contributed by atoms with Crippen molar-refractivity contribution in [1.29, 1.82) is 5.26 Å². The Labute approximate surface area is 149 Å². The fraction of sp³-hybridized carbons (Fsp3) is 0.0556. The van der Waals surface area contributed by atoms with Gasteiger partial charge in [0.1, 0.15) is 17.4 Å². The van der Waals surface area contributed by atoms with E-state index in [0.29, 0.717) is 16.3 Å². The van der Waals surface area contributed by atoms with Crippen molar-refractivity contribution in [1.82, 2.24) is 0 Å². The van der Waals surface area contributed by atoms with E-state index in [4.69, 9.17) is 16.9 Å². The summed E-state index contributed by atoms with van der Waals surface area (Å²) < 4.78 is 0. The summed E-state index contributed by atoms with van der Waals surface area (Å²) in [6.07, 6.45) is 1.17. The summed E-state index contributed by atoms with van der Waals surface area (Å²) in [5.74, 6) is -0.786. The minimum Gasteiger partial charge on any atom is -0.506 e. The SMILES string of the molecule is CC(=O)c1ccc(NC(=O)/C(C#N)=C\Nc2cc(Cl)ccc2O)cc1. The molecule has 2 aromatic rings. The first kappa shape index (κ1) is 18.0. The summed E-state index contributed by atoms with van der Waals surface area (Å²) >= 11 is 5.83. The molecular formula is C18H14ClN3O3. The van der Waals surface area contributed by atoms with Gasteiger partial charge in [-0.25, -0.2) is 0 Å². The molecule has 2 rings (SSSR count). The topological polar surface area (TPSA) is 102 Å². The van der Waals surface area contributed by atoms with E-state index in [1.165, 1.54) is 31.3 Å². The molecule has 0 aliphatic rings. The predicted octanol–water partition coefficient (Wildman–Crippen LogP) is 3.71. The highest BCUT2D eigenvalue weighted by molar-refractivity contribution is 6.30. The highest BCUT2D eigenvalue weighted by Gasteiger charge is 2.10. The number of halogens is 1. The van der Waals surface area contributed by atoms with E-state index >= 15 is 0 Å². The predicted molar refractivity (Wildman–Crippen MR) is 95.5 cm³/mol. The molecule has 0 aliphatic carbocycles. The van der Waals surface area contributed by atoms with Crippen LogP contribution in [0, 0.1) is 11.3 Å². The lowest BCUT2D eigenvalue weighted by Crippen LogP contribution is -2.14. The monoisotopic (exact) mass is 355 g/mol. The third-order valence-corrected chi connectivity index (χ3v) is 3.48. The lowest BCUT2D eigenvalue weighted by Gasteiger charge is -2.07. The van der Waals surface area contributed by atoms with Crippen LogP contribution in [0.4, 0.5) is 11.4 Å². The molecule has 6 nitrogen and oxygen atoms in total. The number of anilines is 2. The Balaban J connectivity index is 2.11. The molecule has 126 valence electrons. The zero-order chi connectivity index (χ0) is 18.4. The number of carbonyl (C=O) groups is 2. The summed E-state index contributed by atoms with van der Waals surface area (Å²) in [6, 6.07) is 12.4. The molecule has 25 heavy (non-hydrogen) atoms. The summed E-state index contributed by atoms with van der Waals surface area (Å²) in [5, 5.41) is 24.5. The van der Waals surface area contributed by atoms with Gasteiger partial charge in [-0.05, 0) is 49.4 Å². The zero-order valence-corrected chi connectivity index (χ0v) is 14.0. The van der Waals surface area contributed by atoms with E-state index in [0.717, 1.165) is 0 Å².